The molecule has 0 unspecified atom stereocenters. The second-order valence-electron chi connectivity index (χ2n) is 4.21. The number of hydrogen-bond donors (Lipinski definition) is 1. The molecular formula is C13H15Br2NO3. The molecule has 0 aliphatic rings. The number of carbonyl (C=O) groups is 2. The molecule has 1 aromatic rings. The highest BCUT2D eigenvalue weighted by Crippen LogP contribution is 2.26. The number of nitrogens with one attached hydrogen (secondary N) is 1. The topological polar surface area (TPSA) is 55.4 Å². The van der Waals surface area contributed by atoms with Crippen molar-refractivity contribution < 1.29 is 14.3 Å². The summed E-state index contributed by atoms with van der Waals surface area (Å²) in [4.78, 5) is 23.0. The number of benzene rings is 1. The predicted molar refractivity (Wildman–Crippen MR) is 80.9 cm³/mol. The molecule has 4 nitrogen and oxygen atoms in total. The first-order valence-corrected chi connectivity index (χ1v) is 7.41. The lowest BCUT2D eigenvalue weighted by molar-refractivity contribution is -0.148. The van der Waals surface area contributed by atoms with Crippen LogP contribution in [0.1, 0.15) is 26.7 Å². The Kier molecular flexibility index (Phi) is 6.51. The summed E-state index contributed by atoms with van der Waals surface area (Å²) >= 11 is 6.67. The number of esters is 1. The number of carbonyl (C=O) groups excluding carboxylic acids is 2. The summed E-state index contributed by atoms with van der Waals surface area (Å²) in [6, 6.07) is 5.47. The molecule has 0 bridgehead atoms. The van der Waals surface area contributed by atoms with Gasteiger partial charge in [-0.05, 0) is 48.0 Å². The molecule has 1 amide bonds. The van der Waals surface area contributed by atoms with E-state index < -0.39 is 0 Å². The lowest BCUT2D eigenvalue weighted by Crippen LogP contribution is -2.16. The van der Waals surface area contributed by atoms with Crippen molar-refractivity contribution in [3.63, 3.8) is 0 Å². The number of rotatable bonds is 5. The summed E-state index contributed by atoms with van der Waals surface area (Å²) < 4.78 is 6.61. The van der Waals surface area contributed by atoms with Gasteiger partial charge in [-0.25, -0.2) is 0 Å². The van der Waals surface area contributed by atoms with Gasteiger partial charge in [0.1, 0.15) is 0 Å². The van der Waals surface area contributed by atoms with Gasteiger partial charge in [0, 0.05) is 15.4 Å². The summed E-state index contributed by atoms with van der Waals surface area (Å²) in [5, 5.41) is 2.74. The SMILES string of the molecule is CC(C)OC(=O)CCC(=O)Nc1cc(Br)ccc1Br. The predicted octanol–water partition coefficient (Wildman–Crippen LogP) is 3.88. The Morgan fingerprint density at radius 1 is 1.26 bits per heavy atom. The van der Waals surface area contributed by atoms with E-state index in [1.807, 2.05) is 12.1 Å². The molecule has 0 atom stereocenters. The minimum atomic E-state index is -0.363. The largest absolute Gasteiger partial charge is 0.463 e. The van der Waals surface area contributed by atoms with Crippen LogP contribution in [0, 0.1) is 0 Å². The molecule has 104 valence electrons. The number of hydrogen-bond acceptors (Lipinski definition) is 3. The fourth-order valence-electron chi connectivity index (χ4n) is 1.34. The van der Waals surface area contributed by atoms with Crippen molar-refractivity contribution in [1.29, 1.82) is 0 Å². The maximum Gasteiger partial charge on any atom is 0.306 e. The summed E-state index contributed by atoms with van der Waals surface area (Å²) in [6.45, 7) is 3.55. The molecule has 0 radical (unpaired) electrons. The van der Waals surface area contributed by atoms with Crippen molar-refractivity contribution in [2.75, 3.05) is 5.32 Å². The van der Waals surface area contributed by atoms with Crippen molar-refractivity contribution in [1.82, 2.24) is 0 Å². The minimum absolute atomic E-state index is 0.0790. The maximum atomic E-state index is 11.7. The third-order valence-corrected chi connectivity index (χ3v) is 3.31. The fourth-order valence-corrected chi connectivity index (χ4v) is 2.05. The molecule has 0 fully saturated rings. The zero-order valence-electron chi connectivity index (χ0n) is 10.7. The average molecular weight is 393 g/mol. The Morgan fingerprint density at radius 2 is 1.95 bits per heavy atom. The molecule has 1 aromatic carbocycles. The molecule has 1 rings (SSSR count). The van der Waals surface area contributed by atoms with Crippen LogP contribution in [-0.4, -0.2) is 18.0 Å². The van der Waals surface area contributed by atoms with Crippen LogP contribution in [0.2, 0.25) is 0 Å². The van der Waals surface area contributed by atoms with Crippen LogP contribution >= 0.6 is 31.9 Å². The highest BCUT2D eigenvalue weighted by molar-refractivity contribution is 9.11. The molecule has 6 heteroatoms. The average Bonchev–Trinajstić information content (AvgIpc) is 2.30. The Morgan fingerprint density at radius 3 is 2.58 bits per heavy atom. The highest BCUT2D eigenvalue weighted by atomic mass is 79.9. The zero-order valence-corrected chi connectivity index (χ0v) is 13.9. The van der Waals surface area contributed by atoms with Gasteiger partial charge in [0.05, 0.1) is 18.2 Å². The Labute approximate surface area is 129 Å². The molecule has 0 heterocycles. The molecule has 0 aliphatic carbocycles. The standard InChI is InChI=1S/C13H15Br2NO3/c1-8(2)19-13(18)6-5-12(17)16-11-7-9(14)3-4-10(11)15/h3-4,7-8H,5-6H2,1-2H3,(H,16,17). The van der Waals surface area contributed by atoms with Crippen molar-refractivity contribution in [3.8, 4) is 0 Å². The van der Waals surface area contributed by atoms with E-state index in [1.165, 1.54) is 0 Å². The maximum absolute atomic E-state index is 11.7. The van der Waals surface area contributed by atoms with Crippen LogP contribution in [-0.2, 0) is 14.3 Å². The Hall–Kier alpha value is -0.880. The molecule has 0 spiro atoms. The quantitative estimate of drug-likeness (QED) is 0.773. The molecule has 0 saturated carbocycles. The van der Waals surface area contributed by atoms with Gasteiger partial charge >= 0.3 is 5.97 Å². The zero-order chi connectivity index (χ0) is 14.4. The fraction of sp³-hybridized carbons (Fsp3) is 0.385. The first-order valence-electron chi connectivity index (χ1n) is 5.83. The van der Waals surface area contributed by atoms with Crippen LogP contribution in [0.4, 0.5) is 5.69 Å². The summed E-state index contributed by atoms with van der Waals surface area (Å²) in [5.41, 5.74) is 0.664. The van der Waals surface area contributed by atoms with Gasteiger partial charge in [0.15, 0.2) is 0 Å². The molecule has 0 aliphatic heterocycles. The molecule has 0 aromatic heterocycles. The van der Waals surface area contributed by atoms with E-state index >= 15 is 0 Å². The number of anilines is 1. The lowest BCUT2D eigenvalue weighted by Gasteiger charge is -2.09. The number of ether oxygens (including phenoxy) is 1. The summed E-state index contributed by atoms with van der Waals surface area (Å²) in [5.74, 6) is -0.585. The van der Waals surface area contributed by atoms with E-state index in [4.69, 9.17) is 4.74 Å². The monoisotopic (exact) mass is 391 g/mol. The third-order valence-electron chi connectivity index (χ3n) is 2.13. The van der Waals surface area contributed by atoms with Crippen LogP contribution in [0.15, 0.2) is 27.1 Å². The van der Waals surface area contributed by atoms with Gasteiger partial charge < -0.3 is 10.1 Å². The van der Waals surface area contributed by atoms with Crippen LogP contribution < -0.4 is 5.32 Å². The third kappa shape index (κ3) is 6.20. The van der Waals surface area contributed by atoms with Gasteiger partial charge in [-0.3, -0.25) is 9.59 Å². The first kappa shape index (κ1) is 16.2. The Bertz CT molecular complexity index is 475. The molecule has 1 N–H and O–H groups in total. The lowest BCUT2D eigenvalue weighted by atomic mass is 10.2. The van der Waals surface area contributed by atoms with Gasteiger partial charge in [0.2, 0.25) is 5.91 Å². The van der Waals surface area contributed by atoms with Crippen molar-refractivity contribution in [2.45, 2.75) is 32.8 Å². The van der Waals surface area contributed by atoms with E-state index in [0.717, 1.165) is 8.95 Å². The van der Waals surface area contributed by atoms with Crippen molar-refractivity contribution >= 4 is 49.4 Å². The normalized spacial score (nSPS) is 10.4. The van der Waals surface area contributed by atoms with Gasteiger partial charge in [0.25, 0.3) is 0 Å². The van der Waals surface area contributed by atoms with Crippen molar-refractivity contribution in [3.05, 3.63) is 27.1 Å². The molecule has 0 saturated heterocycles. The highest BCUT2D eigenvalue weighted by Gasteiger charge is 2.11. The Balaban J connectivity index is 2.47. The molecule has 19 heavy (non-hydrogen) atoms. The molecular weight excluding hydrogens is 378 g/mol. The van der Waals surface area contributed by atoms with E-state index in [-0.39, 0.29) is 30.8 Å². The second kappa shape index (κ2) is 7.65. The van der Waals surface area contributed by atoms with Gasteiger partial charge in [-0.15, -0.1) is 0 Å². The number of halogens is 2. The van der Waals surface area contributed by atoms with E-state index in [0.29, 0.717) is 5.69 Å². The summed E-state index contributed by atoms with van der Waals surface area (Å²) in [7, 11) is 0. The number of amides is 1. The summed E-state index contributed by atoms with van der Waals surface area (Å²) in [6.07, 6.45) is 0.0231. The second-order valence-corrected chi connectivity index (χ2v) is 5.98. The first-order chi connectivity index (χ1) is 8.88. The minimum Gasteiger partial charge on any atom is -0.463 e. The van der Waals surface area contributed by atoms with Crippen LogP contribution in [0.3, 0.4) is 0 Å². The van der Waals surface area contributed by atoms with Gasteiger partial charge in [-0.1, -0.05) is 15.9 Å². The van der Waals surface area contributed by atoms with E-state index in [1.54, 1.807) is 19.9 Å². The van der Waals surface area contributed by atoms with Crippen LogP contribution in [0.5, 0.6) is 0 Å². The van der Waals surface area contributed by atoms with E-state index in [2.05, 4.69) is 37.2 Å². The van der Waals surface area contributed by atoms with Crippen molar-refractivity contribution in [2.24, 2.45) is 0 Å². The van der Waals surface area contributed by atoms with Crippen LogP contribution in [0.25, 0.3) is 0 Å². The van der Waals surface area contributed by atoms with Gasteiger partial charge in [-0.2, -0.15) is 0 Å². The smallest absolute Gasteiger partial charge is 0.306 e. The van der Waals surface area contributed by atoms with E-state index in [9.17, 15) is 9.59 Å².